The molecule has 0 saturated carbocycles. The van der Waals surface area contributed by atoms with Gasteiger partial charge in [0.25, 0.3) is 5.91 Å². The first kappa shape index (κ1) is 11.5. The molecule has 0 aliphatic rings. The van der Waals surface area contributed by atoms with E-state index in [1.165, 1.54) is 0 Å². The number of carbonyl (C=O) groups is 1. The molecule has 88 valence electrons. The van der Waals surface area contributed by atoms with E-state index in [0.717, 1.165) is 22.5 Å². The van der Waals surface area contributed by atoms with Crippen molar-refractivity contribution < 1.29 is 9.21 Å². The van der Waals surface area contributed by atoms with Gasteiger partial charge in [-0.3, -0.25) is 4.79 Å². The molecule has 0 radical (unpaired) electrons. The molecule has 1 amide bonds. The van der Waals surface area contributed by atoms with Crippen molar-refractivity contribution in [3.8, 4) is 0 Å². The highest BCUT2D eigenvalue weighted by atomic mass is 16.3. The number of amides is 1. The number of furan rings is 1. The molecular formula is C14H15NO2. The largest absolute Gasteiger partial charge is 0.467 e. The van der Waals surface area contributed by atoms with E-state index in [1.807, 2.05) is 38.1 Å². The lowest BCUT2D eigenvalue weighted by Crippen LogP contribution is -2.24. The topological polar surface area (TPSA) is 42.2 Å². The highest BCUT2D eigenvalue weighted by Gasteiger charge is 2.11. The van der Waals surface area contributed by atoms with Crippen LogP contribution in [0, 0.1) is 13.8 Å². The fraction of sp³-hybridized carbons (Fsp3) is 0.214. The highest BCUT2D eigenvalue weighted by Crippen LogP contribution is 2.13. The second kappa shape index (κ2) is 4.87. The molecule has 1 N–H and O–H groups in total. The lowest BCUT2D eigenvalue weighted by atomic mass is 10.0. The summed E-state index contributed by atoms with van der Waals surface area (Å²) in [5.41, 5.74) is 2.72. The zero-order valence-electron chi connectivity index (χ0n) is 9.99. The third-order valence-corrected chi connectivity index (χ3v) is 2.71. The molecule has 1 heterocycles. The van der Waals surface area contributed by atoms with Crippen LogP contribution >= 0.6 is 0 Å². The van der Waals surface area contributed by atoms with Crippen LogP contribution in [-0.2, 0) is 6.54 Å². The molecule has 0 saturated heterocycles. The predicted octanol–water partition coefficient (Wildman–Crippen LogP) is 2.83. The molecule has 0 unspecified atom stereocenters. The molecule has 0 fully saturated rings. The Morgan fingerprint density at radius 3 is 2.47 bits per heavy atom. The van der Waals surface area contributed by atoms with Gasteiger partial charge < -0.3 is 9.73 Å². The van der Waals surface area contributed by atoms with Crippen molar-refractivity contribution in [3.63, 3.8) is 0 Å². The van der Waals surface area contributed by atoms with E-state index < -0.39 is 0 Å². The van der Waals surface area contributed by atoms with Gasteiger partial charge in [0.15, 0.2) is 0 Å². The van der Waals surface area contributed by atoms with Gasteiger partial charge in [-0.1, -0.05) is 18.2 Å². The van der Waals surface area contributed by atoms with Crippen LogP contribution in [0.1, 0.15) is 27.2 Å². The Balaban J connectivity index is 2.10. The summed E-state index contributed by atoms with van der Waals surface area (Å²) in [6.45, 7) is 4.29. The molecule has 0 aliphatic heterocycles. The van der Waals surface area contributed by atoms with E-state index in [2.05, 4.69) is 5.32 Å². The van der Waals surface area contributed by atoms with Crippen molar-refractivity contribution in [2.75, 3.05) is 0 Å². The predicted molar refractivity (Wildman–Crippen MR) is 65.8 cm³/mol. The van der Waals surface area contributed by atoms with Crippen molar-refractivity contribution >= 4 is 5.91 Å². The third kappa shape index (κ3) is 2.56. The Bertz CT molecular complexity index is 495. The number of aryl methyl sites for hydroxylation is 2. The smallest absolute Gasteiger partial charge is 0.252 e. The average Bonchev–Trinajstić information content (AvgIpc) is 2.79. The van der Waals surface area contributed by atoms with E-state index in [4.69, 9.17) is 4.42 Å². The van der Waals surface area contributed by atoms with E-state index in [-0.39, 0.29) is 5.91 Å². The standard InChI is InChI=1S/C14H15NO2/c1-10-5-3-6-11(2)13(10)14(16)15-9-12-7-4-8-17-12/h3-8H,9H2,1-2H3,(H,15,16). The van der Waals surface area contributed by atoms with Crippen molar-refractivity contribution in [3.05, 3.63) is 59.0 Å². The summed E-state index contributed by atoms with van der Waals surface area (Å²) >= 11 is 0. The van der Waals surface area contributed by atoms with E-state index in [1.54, 1.807) is 12.3 Å². The van der Waals surface area contributed by atoms with E-state index in [9.17, 15) is 4.79 Å². The number of hydrogen-bond acceptors (Lipinski definition) is 2. The van der Waals surface area contributed by atoms with Crippen molar-refractivity contribution in [1.29, 1.82) is 0 Å². The summed E-state index contributed by atoms with van der Waals surface area (Å²) < 4.78 is 5.17. The normalized spacial score (nSPS) is 10.2. The van der Waals surface area contributed by atoms with Gasteiger partial charge in [-0.15, -0.1) is 0 Å². The van der Waals surface area contributed by atoms with Gasteiger partial charge in [0.2, 0.25) is 0 Å². The number of carbonyl (C=O) groups excluding carboxylic acids is 1. The van der Waals surface area contributed by atoms with Gasteiger partial charge in [-0.25, -0.2) is 0 Å². The van der Waals surface area contributed by atoms with Crippen LogP contribution in [0.15, 0.2) is 41.0 Å². The van der Waals surface area contributed by atoms with E-state index in [0.29, 0.717) is 6.54 Å². The summed E-state index contributed by atoms with van der Waals surface area (Å²) in [6, 6.07) is 9.48. The van der Waals surface area contributed by atoms with Crippen LogP contribution in [0.2, 0.25) is 0 Å². The molecule has 1 aromatic heterocycles. The first-order chi connectivity index (χ1) is 8.18. The fourth-order valence-electron chi connectivity index (χ4n) is 1.84. The molecule has 3 nitrogen and oxygen atoms in total. The first-order valence-corrected chi connectivity index (χ1v) is 5.55. The van der Waals surface area contributed by atoms with Gasteiger partial charge in [0.1, 0.15) is 5.76 Å². The first-order valence-electron chi connectivity index (χ1n) is 5.55. The van der Waals surface area contributed by atoms with Gasteiger partial charge in [-0.05, 0) is 37.1 Å². The molecule has 1 aromatic carbocycles. The van der Waals surface area contributed by atoms with Crippen LogP contribution < -0.4 is 5.32 Å². The number of nitrogens with one attached hydrogen (secondary N) is 1. The third-order valence-electron chi connectivity index (χ3n) is 2.71. The van der Waals surface area contributed by atoms with Crippen LogP contribution in [0.25, 0.3) is 0 Å². The van der Waals surface area contributed by atoms with Crippen LogP contribution in [0.4, 0.5) is 0 Å². The lowest BCUT2D eigenvalue weighted by Gasteiger charge is -2.09. The van der Waals surface area contributed by atoms with Crippen LogP contribution in [0.3, 0.4) is 0 Å². The van der Waals surface area contributed by atoms with Gasteiger partial charge >= 0.3 is 0 Å². The molecule has 17 heavy (non-hydrogen) atoms. The second-order valence-corrected chi connectivity index (χ2v) is 4.03. The molecular weight excluding hydrogens is 214 g/mol. The fourth-order valence-corrected chi connectivity index (χ4v) is 1.84. The second-order valence-electron chi connectivity index (χ2n) is 4.03. The zero-order valence-corrected chi connectivity index (χ0v) is 9.99. The van der Waals surface area contributed by atoms with Crippen LogP contribution in [0.5, 0.6) is 0 Å². The Kier molecular flexibility index (Phi) is 3.28. The maximum absolute atomic E-state index is 12.0. The quantitative estimate of drug-likeness (QED) is 0.879. The minimum atomic E-state index is -0.0583. The van der Waals surface area contributed by atoms with Gasteiger partial charge in [0.05, 0.1) is 12.8 Å². The molecule has 0 spiro atoms. The van der Waals surface area contributed by atoms with Gasteiger partial charge in [0, 0.05) is 5.56 Å². The Morgan fingerprint density at radius 1 is 1.18 bits per heavy atom. The molecule has 3 heteroatoms. The summed E-state index contributed by atoms with van der Waals surface area (Å²) in [6.07, 6.45) is 1.60. The van der Waals surface area contributed by atoms with E-state index >= 15 is 0 Å². The highest BCUT2D eigenvalue weighted by molar-refractivity contribution is 5.96. The van der Waals surface area contributed by atoms with Crippen LogP contribution in [-0.4, -0.2) is 5.91 Å². The molecule has 2 rings (SSSR count). The Hall–Kier alpha value is -2.03. The average molecular weight is 229 g/mol. The SMILES string of the molecule is Cc1cccc(C)c1C(=O)NCc1ccco1. The maximum Gasteiger partial charge on any atom is 0.252 e. The molecule has 0 atom stereocenters. The van der Waals surface area contributed by atoms with Crippen molar-refractivity contribution in [2.45, 2.75) is 20.4 Å². The number of benzene rings is 1. The summed E-state index contributed by atoms with van der Waals surface area (Å²) in [7, 11) is 0. The summed E-state index contributed by atoms with van der Waals surface area (Å²) in [5, 5.41) is 2.85. The Morgan fingerprint density at radius 2 is 1.88 bits per heavy atom. The summed E-state index contributed by atoms with van der Waals surface area (Å²) in [4.78, 5) is 12.0. The number of hydrogen-bond donors (Lipinski definition) is 1. The molecule has 2 aromatic rings. The molecule has 0 aliphatic carbocycles. The van der Waals surface area contributed by atoms with Crippen molar-refractivity contribution in [2.24, 2.45) is 0 Å². The van der Waals surface area contributed by atoms with Gasteiger partial charge in [-0.2, -0.15) is 0 Å². The molecule has 0 bridgehead atoms. The number of rotatable bonds is 3. The lowest BCUT2D eigenvalue weighted by molar-refractivity contribution is 0.0947. The maximum atomic E-state index is 12.0. The zero-order chi connectivity index (χ0) is 12.3. The van der Waals surface area contributed by atoms with Crippen molar-refractivity contribution in [1.82, 2.24) is 5.32 Å². The minimum absolute atomic E-state index is 0.0583. The summed E-state index contributed by atoms with van der Waals surface area (Å²) in [5.74, 6) is 0.696. The minimum Gasteiger partial charge on any atom is -0.467 e. The Labute approximate surface area is 100 Å². The monoisotopic (exact) mass is 229 g/mol.